The van der Waals surface area contributed by atoms with Gasteiger partial charge in [-0.1, -0.05) is 6.92 Å². The summed E-state index contributed by atoms with van der Waals surface area (Å²) in [6.07, 6.45) is 6.24. The average Bonchev–Trinajstić information content (AvgIpc) is 2.84. The maximum atomic E-state index is 5.66. The predicted octanol–water partition coefficient (Wildman–Crippen LogP) is 1.51. The van der Waals surface area contributed by atoms with E-state index in [2.05, 4.69) is 16.9 Å². The molecule has 2 aromatic rings. The van der Waals surface area contributed by atoms with Gasteiger partial charge in [0.05, 0.1) is 13.2 Å². The molecule has 0 amide bonds. The number of hydrogen-bond acceptors (Lipinski definition) is 4. The molecule has 90 valence electrons. The topological polar surface area (TPSA) is 66.0 Å². The minimum Gasteiger partial charge on any atom is -0.490 e. The molecule has 0 saturated heterocycles. The van der Waals surface area contributed by atoms with Crippen LogP contribution in [0.1, 0.15) is 19.2 Å². The highest BCUT2D eigenvalue weighted by molar-refractivity contribution is 5.40. The smallest absolute Gasteiger partial charge is 0.181 e. The Morgan fingerprint density at radius 3 is 3.00 bits per heavy atom. The minimum absolute atomic E-state index is 0.372. The largest absolute Gasteiger partial charge is 0.490 e. The number of imidazole rings is 1. The molecular weight excluding hydrogens is 216 g/mol. The van der Waals surface area contributed by atoms with Crippen molar-refractivity contribution in [3.05, 3.63) is 36.5 Å². The normalized spacial score (nSPS) is 10.5. The van der Waals surface area contributed by atoms with Gasteiger partial charge in [0.2, 0.25) is 0 Å². The Hall–Kier alpha value is -1.88. The van der Waals surface area contributed by atoms with Crippen LogP contribution in [0.4, 0.5) is 0 Å². The lowest BCUT2D eigenvalue weighted by molar-refractivity contribution is 0.315. The van der Waals surface area contributed by atoms with Gasteiger partial charge in [-0.25, -0.2) is 9.97 Å². The van der Waals surface area contributed by atoms with Crippen LogP contribution in [0.3, 0.4) is 0 Å². The zero-order valence-corrected chi connectivity index (χ0v) is 9.84. The lowest BCUT2D eigenvalue weighted by Gasteiger charge is -2.11. The fraction of sp³-hybridized carbons (Fsp3) is 0.333. The van der Waals surface area contributed by atoms with Crippen LogP contribution in [-0.4, -0.2) is 21.1 Å². The number of hydrogen-bond donors (Lipinski definition) is 1. The maximum Gasteiger partial charge on any atom is 0.181 e. The van der Waals surface area contributed by atoms with E-state index >= 15 is 0 Å². The molecule has 2 heterocycles. The second-order valence-electron chi connectivity index (χ2n) is 3.59. The number of pyridine rings is 1. The second kappa shape index (κ2) is 5.45. The summed E-state index contributed by atoms with van der Waals surface area (Å²) in [6, 6.07) is 3.76. The molecule has 0 unspecified atom stereocenters. The quantitative estimate of drug-likeness (QED) is 0.848. The molecule has 17 heavy (non-hydrogen) atoms. The fourth-order valence-electron chi connectivity index (χ4n) is 1.57. The molecule has 0 aliphatic rings. The first kappa shape index (κ1) is 11.6. The zero-order valence-electron chi connectivity index (χ0n) is 9.84. The number of nitrogens with zero attached hydrogens (tertiary/aromatic N) is 3. The van der Waals surface area contributed by atoms with Crippen LogP contribution < -0.4 is 10.5 Å². The first-order valence-electron chi connectivity index (χ1n) is 5.67. The number of rotatable bonds is 5. The van der Waals surface area contributed by atoms with Crippen LogP contribution in [-0.2, 0) is 6.54 Å². The summed E-state index contributed by atoms with van der Waals surface area (Å²) in [7, 11) is 0. The molecule has 0 atom stereocenters. The molecule has 0 saturated carbocycles. The Balaban J connectivity index is 2.37. The van der Waals surface area contributed by atoms with E-state index in [1.54, 1.807) is 12.4 Å². The molecule has 0 aliphatic heterocycles. The zero-order chi connectivity index (χ0) is 12.1. The first-order chi connectivity index (χ1) is 8.36. The van der Waals surface area contributed by atoms with Gasteiger partial charge in [-0.05, 0) is 18.6 Å². The number of ether oxygens (including phenoxy) is 1. The average molecular weight is 232 g/mol. The van der Waals surface area contributed by atoms with E-state index in [4.69, 9.17) is 10.5 Å². The van der Waals surface area contributed by atoms with Crippen LogP contribution in [0, 0.1) is 0 Å². The van der Waals surface area contributed by atoms with Crippen molar-refractivity contribution in [2.75, 3.05) is 6.61 Å². The van der Waals surface area contributed by atoms with Crippen molar-refractivity contribution in [1.82, 2.24) is 14.5 Å². The highest BCUT2D eigenvalue weighted by Crippen LogP contribution is 2.21. The highest BCUT2D eigenvalue weighted by Gasteiger charge is 2.10. The Kier molecular flexibility index (Phi) is 3.72. The molecule has 2 rings (SSSR count). The van der Waals surface area contributed by atoms with Gasteiger partial charge in [0, 0.05) is 18.6 Å². The molecule has 0 fully saturated rings. The summed E-state index contributed by atoms with van der Waals surface area (Å²) >= 11 is 0. The van der Waals surface area contributed by atoms with E-state index < -0.39 is 0 Å². The van der Waals surface area contributed by atoms with E-state index in [-0.39, 0.29) is 0 Å². The molecule has 0 aromatic carbocycles. The van der Waals surface area contributed by atoms with Crippen molar-refractivity contribution in [2.45, 2.75) is 19.9 Å². The van der Waals surface area contributed by atoms with Gasteiger partial charge in [0.15, 0.2) is 11.6 Å². The van der Waals surface area contributed by atoms with Crippen molar-refractivity contribution in [1.29, 1.82) is 0 Å². The molecule has 0 spiro atoms. The van der Waals surface area contributed by atoms with Gasteiger partial charge in [-0.15, -0.1) is 0 Å². The van der Waals surface area contributed by atoms with E-state index in [1.807, 2.05) is 22.9 Å². The molecule has 0 aliphatic carbocycles. The summed E-state index contributed by atoms with van der Waals surface area (Å²) in [5.74, 6) is 2.26. The number of nitrogens with two attached hydrogens (primary N) is 1. The van der Waals surface area contributed by atoms with Crippen molar-refractivity contribution < 1.29 is 4.74 Å². The standard InChI is InChI=1S/C12H16N4O/c1-2-8-17-10-4-3-5-15-12(10)16-7-6-14-11(16)9-13/h3-7H,2,8-9,13H2,1H3. The Morgan fingerprint density at radius 1 is 1.35 bits per heavy atom. The van der Waals surface area contributed by atoms with Crippen molar-refractivity contribution in [3.8, 4) is 11.6 Å². The third-order valence-electron chi connectivity index (χ3n) is 2.34. The van der Waals surface area contributed by atoms with E-state index in [1.165, 1.54) is 0 Å². The van der Waals surface area contributed by atoms with Crippen LogP contribution in [0.2, 0.25) is 0 Å². The molecular formula is C12H16N4O. The number of aromatic nitrogens is 3. The summed E-state index contributed by atoms with van der Waals surface area (Å²) in [6.45, 7) is 3.11. The second-order valence-corrected chi connectivity index (χ2v) is 3.59. The molecule has 5 nitrogen and oxygen atoms in total. The van der Waals surface area contributed by atoms with Crippen LogP contribution >= 0.6 is 0 Å². The molecule has 0 bridgehead atoms. The summed E-state index contributed by atoms with van der Waals surface area (Å²) in [5.41, 5.74) is 5.63. The van der Waals surface area contributed by atoms with Crippen molar-refractivity contribution in [2.24, 2.45) is 5.73 Å². The summed E-state index contributed by atoms with van der Waals surface area (Å²) < 4.78 is 7.51. The van der Waals surface area contributed by atoms with Gasteiger partial charge >= 0.3 is 0 Å². The van der Waals surface area contributed by atoms with Crippen LogP contribution in [0.15, 0.2) is 30.7 Å². The van der Waals surface area contributed by atoms with Gasteiger partial charge in [-0.3, -0.25) is 4.57 Å². The van der Waals surface area contributed by atoms with Crippen LogP contribution in [0.25, 0.3) is 5.82 Å². The maximum absolute atomic E-state index is 5.66. The van der Waals surface area contributed by atoms with Gasteiger partial charge in [-0.2, -0.15) is 0 Å². The molecule has 2 N–H and O–H groups in total. The molecule has 2 aromatic heterocycles. The van der Waals surface area contributed by atoms with Gasteiger partial charge < -0.3 is 10.5 Å². The van der Waals surface area contributed by atoms with Crippen molar-refractivity contribution in [3.63, 3.8) is 0 Å². The SMILES string of the molecule is CCCOc1cccnc1-n1ccnc1CN. The van der Waals surface area contributed by atoms with Gasteiger partial charge in [0.1, 0.15) is 5.82 Å². The highest BCUT2D eigenvalue weighted by atomic mass is 16.5. The fourth-order valence-corrected chi connectivity index (χ4v) is 1.57. The lowest BCUT2D eigenvalue weighted by Crippen LogP contribution is -2.09. The van der Waals surface area contributed by atoms with Crippen LogP contribution in [0.5, 0.6) is 5.75 Å². The summed E-state index contributed by atoms with van der Waals surface area (Å²) in [5, 5.41) is 0. The van der Waals surface area contributed by atoms with E-state index in [0.717, 1.165) is 23.8 Å². The third-order valence-corrected chi connectivity index (χ3v) is 2.34. The lowest BCUT2D eigenvalue weighted by atomic mass is 10.4. The Labute approximate surface area is 100 Å². The third kappa shape index (κ3) is 2.45. The van der Waals surface area contributed by atoms with E-state index in [0.29, 0.717) is 13.2 Å². The van der Waals surface area contributed by atoms with Gasteiger partial charge in [0.25, 0.3) is 0 Å². The molecule has 5 heteroatoms. The minimum atomic E-state index is 0.372. The van der Waals surface area contributed by atoms with E-state index in [9.17, 15) is 0 Å². The predicted molar refractivity (Wildman–Crippen MR) is 65.0 cm³/mol. The summed E-state index contributed by atoms with van der Waals surface area (Å²) in [4.78, 5) is 8.50. The Bertz CT molecular complexity index is 481. The molecule has 0 radical (unpaired) electrons. The monoisotopic (exact) mass is 232 g/mol. The van der Waals surface area contributed by atoms with Crippen molar-refractivity contribution >= 4 is 0 Å². The Morgan fingerprint density at radius 2 is 2.24 bits per heavy atom. The first-order valence-corrected chi connectivity index (χ1v) is 5.67.